The SMILES string of the molecule is CCOC(OCC)[Si]CCCOc1ccc(O)cc1[P+](c1ccc(C)cc1)(c1ccc(C)cc1)c1ccc(C)cc1. The maximum absolute atomic E-state index is 10.9. The number of hydrogen-bond acceptors (Lipinski definition) is 4. The van der Waals surface area contributed by atoms with Crippen molar-refractivity contribution in [1.29, 1.82) is 0 Å². The molecule has 0 saturated carbocycles. The predicted octanol–water partition coefficient (Wildman–Crippen LogP) is 6.18. The second kappa shape index (κ2) is 14.8. The third-order valence-electron chi connectivity index (χ3n) is 7.09. The molecule has 0 heterocycles. The molecule has 1 N–H and O–H groups in total. The second-order valence-electron chi connectivity index (χ2n) is 10.2. The van der Waals surface area contributed by atoms with Gasteiger partial charge in [0.1, 0.15) is 44.4 Å². The Kier molecular flexibility index (Phi) is 11.2. The molecule has 2 radical (unpaired) electrons. The Morgan fingerprint density at radius 2 is 1.15 bits per heavy atom. The molecule has 0 aliphatic rings. The molecule has 4 aromatic carbocycles. The lowest BCUT2D eigenvalue weighted by molar-refractivity contribution is -0.0828. The van der Waals surface area contributed by atoms with E-state index in [0.717, 1.165) is 23.5 Å². The fraction of sp³-hybridized carbons (Fsp3) is 0.314. The Morgan fingerprint density at radius 1 is 0.683 bits per heavy atom. The molecular formula is C35H42O4PSi+. The first-order valence-electron chi connectivity index (χ1n) is 14.4. The van der Waals surface area contributed by atoms with Crippen LogP contribution in [0, 0.1) is 20.8 Å². The van der Waals surface area contributed by atoms with Crippen LogP contribution in [-0.4, -0.2) is 40.4 Å². The highest BCUT2D eigenvalue weighted by Gasteiger charge is 2.50. The third-order valence-corrected chi connectivity index (χ3v) is 12.7. The lowest BCUT2D eigenvalue weighted by atomic mass is 10.2. The molecule has 0 spiro atoms. The summed E-state index contributed by atoms with van der Waals surface area (Å²) < 4.78 is 18.0. The van der Waals surface area contributed by atoms with Crippen molar-refractivity contribution in [1.82, 2.24) is 0 Å². The van der Waals surface area contributed by atoms with Gasteiger partial charge >= 0.3 is 0 Å². The molecule has 6 heteroatoms. The molecule has 0 fully saturated rings. The molecule has 0 unspecified atom stereocenters. The third kappa shape index (κ3) is 7.47. The molecule has 4 aromatic rings. The zero-order valence-corrected chi connectivity index (χ0v) is 26.8. The lowest BCUT2D eigenvalue weighted by Gasteiger charge is -2.29. The van der Waals surface area contributed by atoms with Crippen molar-refractivity contribution in [2.24, 2.45) is 0 Å². The number of benzene rings is 4. The quantitative estimate of drug-likeness (QED) is 0.0831. The van der Waals surface area contributed by atoms with E-state index in [4.69, 9.17) is 14.2 Å². The van der Waals surface area contributed by atoms with Gasteiger partial charge in [0.2, 0.25) is 0 Å². The highest BCUT2D eigenvalue weighted by Crippen LogP contribution is 2.56. The molecular weight excluding hydrogens is 543 g/mol. The van der Waals surface area contributed by atoms with Gasteiger partial charge in [-0.15, -0.1) is 0 Å². The zero-order chi connectivity index (χ0) is 29.2. The van der Waals surface area contributed by atoms with Crippen LogP contribution in [0.5, 0.6) is 11.5 Å². The van der Waals surface area contributed by atoms with Crippen LogP contribution in [-0.2, 0) is 9.47 Å². The summed E-state index contributed by atoms with van der Waals surface area (Å²) in [6.45, 7) is 12.2. The van der Waals surface area contributed by atoms with Gasteiger partial charge < -0.3 is 19.3 Å². The van der Waals surface area contributed by atoms with Crippen molar-refractivity contribution in [2.45, 2.75) is 53.0 Å². The normalized spacial score (nSPS) is 11.7. The summed E-state index contributed by atoms with van der Waals surface area (Å²) in [4.78, 5) is 0. The van der Waals surface area contributed by atoms with Gasteiger partial charge in [-0.05, 0) is 89.6 Å². The largest absolute Gasteiger partial charge is 0.508 e. The van der Waals surface area contributed by atoms with Gasteiger partial charge in [0.05, 0.1) is 6.61 Å². The number of ether oxygens (including phenoxy) is 3. The Morgan fingerprint density at radius 3 is 1.59 bits per heavy atom. The average molecular weight is 586 g/mol. The first-order valence-corrected chi connectivity index (χ1v) is 17.5. The molecule has 0 saturated heterocycles. The molecule has 0 amide bonds. The maximum atomic E-state index is 10.9. The summed E-state index contributed by atoms with van der Waals surface area (Å²) in [5.41, 5.74) is 3.64. The standard InChI is InChI=1S/C35H41O4PSi/c1-6-37-35(38-7-2)41-24-8-23-39-33-22-15-29(36)25-34(33)40(30-16-9-26(3)10-17-30,31-18-11-27(4)12-19-31)32-20-13-28(5)14-21-32/h9-22,25,35H,6-8,23-24H2,1-5H3/p+1. The van der Waals surface area contributed by atoms with Gasteiger partial charge in [-0.2, -0.15) is 0 Å². The minimum atomic E-state index is -2.44. The Bertz CT molecular complexity index is 1250. The van der Waals surface area contributed by atoms with E-state index in [1.165, 1.54) is 32.6 Å². The number of hydrogen-bond donors (Lipinski definition) is 1. The van der Waals surface area contributed by atoms with Crippen LogP contribution in [0.25, 0.3) is 0 Å². The highest BCUT2D eigenvalue weighted by molar-refractivity contribution is 8.01. The highest BCUT2D eigenvalue weighted by atomic mass is 31.2. The molecule has 41 heavy (non-hydrogen) atoms. The van der Waals surface area contributed by atoms with Gasteiger partial charge in [0.25, 0.3) is 0 Å². The predicted molar refractivity (Wildman–Crippen MR) is 175 cm³/mol. The van der Waals surface area contributed by atoms with E-state index >= 15 is 0 Å². The lowest BCUT2D eigenvalue weighted by Crippen LogP contribution is -2.39. The van der Waals surface area contributed by atoms with Gasteiger partial charge in [-0.3, -0.25) is 0 Å². The minimum Gasteiger partial charge on any atom is -0.508 e. The smallest absolute Gasteiger partial charge is 0.162 e. The van der Waals surface area contributed by atoms with Crippen LogP contribution >= 0.6 is 7.26 Å². The van der Waals surface area contributed by atoms with E-state index in [1.54, 1.807) is 6.07 Å². The summed E-state index contributed by atoms with van der Waals surface area (Å²) in [6, 6.07) is 33.2. The summed E-state index contributed by atoms with van der Waals surface area (Å²) in [6.07, 6.45) is 0.889. The van der Waals surface area contributed by atoms with Crippen molar-refractivity contribution in [3.63, 3.8) is 0 Å². The number of aryl methyl sites for hydroxylation is 3. The maximum Gasteiger partial charge on any atom is 0.162 e. The second-order valence-corrected chi connectivity index (χ2v) is 15.0. The topological polar surface area (TPSA) is 47.9 Å². The Balaban J connectivity index is 1.80. The monoisotopic (exact) mass is 585 g/mol. The van der Waals surface area contributed by atoms with Gasteiger partial charge in [-0.25, -0.2) is 0 Å². The summed E-state index contributed by atoms with van der Waals surface area (Å²) in [5.74, 6) is 0.908. The molecule has 0 aliphatic carbocycles. The van der Waals surface area contributed by atoms with E-state index in [1.807, 2.05) is 26.0 Å². The Labute approximate surface area is 248 Å². The van der Waals surface area contributed by atoms with Crippen molar-refractivity contribution in [3.05, 3.63) is 108 Å². The van der Waals surface area contributed by atoms with E-state index in [-0.39, 0.29) is 11.7 Å². The fourth-order valence-corrected chi connectivity index (χ4v) is 10.5. The van der Waals surface area contributed by atoms with E-state index < -0.39 is 7.26 Å². The summed E-state index contributed by atoms with van der Waals surface area (Å²) in [5, 5.41) is 15.6. The van der Waals surface area contributed by atoms with E-state index in [9.17, 15) is 5.11 Å². The van der Waals surface area contributed by atoms with Gasteiger partial charge in [0, 0.05) is 19.3 Å². The van der Waals surface area contributed by atoms with Crippen LogP contribution in [0.1, 0.15) is 37.0 Å². The first kappa shape index (κ1) is 31.0. The van der Waals surface area contributed by atoms with Crippen LogP contribution in [0.15, 0.2) is 91.0 Å². The molecule has 0 aromatic heterocycles. The van der Waals surface area contributed by atoms with Crippen molar-refractivity contribution >= 4 is 38.0 Å². The van der Waals surface area contributed by atoms with Crippen molar-refractivity contribution < 1.29 is 19.3 Å². The van der Waals surface area contributed by atoms with Gasteiger partial charge in [0.15, 0.2) is 11.1 Å². The molecule has 4 rings (SSSR count). The van der Waals surface area contributed by atoms with Crippen LogP contribution in [0.2, 0.25) is 6.04 Å². The van der Waals surface area contributed by atoms with Crippen molar-refractivity contribution in [3.8, 4) is 11.5 Å². The summed E-state index contributed by atoms with van der Waals surface area (Å²) in [7, 11) is -1.88. The number of phenolic OH excluding ortho intramolecular Hbond substituents is 1. The Hall–Kier alpha value is -2.95. The number of aromatic hydroxyl groups is 1. The molecule has 0 bridgehead atoms. The zero-order valence-electron chi connectivity index (χ0n) is 24.9. The first-order chi connectivity index (χ1) is 19.9. The number of phenols is 1. The van der Waals surface area contributed by atoms with Crippen LogP contribution in [0.3, 0.4) is 0 Å². The summed E-state index contributed by atoms with van der Waals surface area (Å²) >= 11 is 0. The van der Waals surface area contributed by atoms with Gasteiger partial charge in [-0.1, -0.05) is 59.1 Å². The molecule has 214 valence electrons. The number of rotatable bonds is 14. The van der Waals surface area contributed by atoms with E-state index in [2.05, 4.69) is 93.6 Å². The molecule has 0 aliphatic heterocycles. The molecule has 4 nitrogen and oxygen atoms in total. The van der Waals surface area contributed by atoms with Crippen LogP contribution in [0.4, 0.5) is 0 Å². The fourth-order valence-electron chi connectivity index (χ4n) is 5.00. The average Bonchev–Trinajstić information content (AvgIpc) is 2.97. The minimum absolute atomic E-state index is 0.141. The van der Waals surface area contributed by atoms with E-state index in [0.29, 0.717) is 29.3 Å². The van der Waals surface area contributed by atoms with Crippen LogP contribution < -0.4 is 26.0 Å². The van der Waals surface area contributed by atoms with Crippen molar-refractivity contribution in [2.75, 3.05) is 19.8 Å². The molecule has 0 atom stereocenters.